The molecule has 4 nitrogen and oxygen atoms in total. The van der Waals surface area contributed by atoms with E-state index in [0.717, 1.165) is 28.8 Å². The quantitative estimate of drug-likeness (QED) is 0.678. The van der Waals surface area contributed by atoms with Crippen molar-refractivity contribution in [3.63, 3.8) is 0 Å². The summed E-state index contributed by atoms with van der Waals surface area (Å²) in [7, 11) is 0. The Hall–Kier alpha value is -1.20. The second-order valence-electron chi connectivity index (χ2n) is 5.08. The van der Waals surface area contributed by atoms with E-state index in [-0.39, 0.29) is 5.91 Å². The molecule has 2 rings (SSSR count). The third-order valence-corrected chi connectivity index (χ3v) is 3.95. The first-order chi connectivity index (χ1) is 9.65. The van der Waals surface area contributed by atoms with Gasteiger partial charge in [-0.25, -0.2) is 5.43 Å². The van der Waals surface area contributed by atoms with Crippen molar-refractivity contribution in [1.82, 2.24) is 10.3 Å². The number of likely N-dealkylation sites (tertiary alicyclic amines) is 1. The molecule has 0 aromatic heterocycles. The van der Waals surface area contributed by atoms with Gasteiger partial charge in [0.2, 0.25) is 0 Å². The Bertz CT molecular complexity index is 478. The normalized spacial score (nSPS) is 17.0. The highest BCUT2D eigenvalue weighted by molar-refractivity contribution is 9.10. The predicted octanol–water partition coefficient (Wildman–Crippen LogP) is 2.78. The molecule has 1 aromatic rings. The van der Waals surface area contributed by atoms with Gasteiger partial charge in [-0.2, -0.15) is 5.10 Å². The zero-order chi connectivity index (χ0) is 14.4. The summed E-state index contributed by atoms with van der Waals surface area (Å²) in [5.74, 6) is -0.0386. The molecule has 0 unspecified atom stereocenters. The van der Waals surface area contributed by atoms with Crippen LogP contribution in [-0.4, -0.2) is 36.2 Å². The van der Waals surface area contributed by atoms with E-state index >= 15 is 0 Å². The van der Waals surface area contributed by atoms with Crippen LogP contribution >= 0.6 is 15.9 Å². The lowest BCUT2D eigenvalue weighted by molar-refractivity contribution is -0.122. The van der Waals surface area contributed by atoms with Gasteiger partial charge in [0.15, 0.2) is 0 Å². The molecule has 1 aromatic carbocycles. The molecule has 0 saturated carbocycles. The largest absolute Gasteiger partial charge is 0.294 e. The second-order valence-corrected chi connectivity index (χ2v) is 5.99. The van der Waals surface area contributed by atoms with E-state index in [1.165, 1.54) is 19.3 Å². The van der Waals surface area contributed by atoms with Gasteiger partial charge in [0.1, 0.15) is 0 Å². The third-order valence-electron chi connectivity index (χ3n) is 3.43. The molecule has 1 aliphatic rings. The Morgan fingerprint density at radius 1 is 1.25 bits per heavy atom. The lowest BCUT2D eigenvalue weighted by Crippen LogP contribution is -2.38. The average Bonchev–Trinajstić information content (AvgIpc) is 2.46. The van der Waals surface area contributed by atoms with Crippen molar-refractivity contribution in [2.24, 2.45) is 5.10 Å². The summed E-state index contributed by atoms with van der Waals surface area (Å²) in [6, 6.07) is 7.87. The maximum Gasteiger partial charge on any atom is 0.254 e. The molecule has 0 spiro atoms. The van der Waals surface area contributed by atoms with Gasteiger partial charge in [0.05, 0.1) is 12.3 Å². The molecule has 1 fully saturated rings. The van der Waals surface area contributed by atoms with Gasteiger partial charge in [0.25, 0.3) is 5.91 Å². The molecule has 5 heteroatoms. The zero-order valence-corrected chi connectivity index (χ0v) is 13.3. The molecule has 1 heterocycles. The molecule has 0 aliphatic carbocycles. The fourth-order valence-electron chi connectivity index (χ4n) is 2.26. The second kappa shape index (κ2) is 7.55. The Morgan fingerprint density at radius 3 is 2.55 bits per heavy atom. The SMILES string of the molecule is CC(=NNC(=O)CN1CCCCC1)c1ccc(Br)cc1. The van der Waals surface area contributed by atoms with Crippen molar-refractivity contribution in [3.8, 4) is 0 Å². The maximum atomic E-state index is 11.8. The predicted molar refractivity (Wildman–Crippen MR) is 84.8 cm³/mol. The highest BCUT2D eigenvalue weighted by atomic mass is 79.9. The molecular weight excluding hydrogens is 318 g/mol. The van der Waals surface area contributed by atoms with Crippen LogP contribution in [0, 0.1) is 0 Å². The van der Waals surface area contributed by atoms with Gasteiger partial charge < -0.3 is 0 Å². The van der Waals surface area contributed by atoms with Crippen LogP contribution in [0.25, 0.3) is 0 Å². The number of halogens is 1. The van der Waals surface area contributed by atoms with E-state index in [9.17, 15) is 4.79 Å². The molecule has 0 atom stereocenters. The molecule has 1 N–H and O–H groups in total. The minimum absolute atomic E-state index is 0.0386. The molecule has 1 amide bonds. The van der Waals surface area contributed by atoms with Crippen molar-refractivity contribution in [2.75, 3.05) is 19.6 Å². The third kappa shape index (κ3) is 4.72. The van der Waals surface area contributed by atoms with Crippen molar-refractivity contribution >= 4 is 27.5 Å². The van der Waals surface area contributed by atoms with Crippen LogP contribution < -0.4 is 5.43 Å². The first-order valence-electron chi connectivity index (χ1n) is 6.96. The number of amides is 1. The Labute approximate surface area is 128 Å². The maximum absolute atomic E-state index is 11.8. The number of hydrazone groups is 1. The summed E-state index contributed by atoms with van der Waals surface area (Å²) in [5, 5.41) is 4.16. The summed E-state index contributed by atoms with van der Waals surface area (Å²) in [5.41, 5.74) is 4.45. The van der Waals surface area contributed by atoms with Crippen LogP contribution in [0.3, 0.4) is 0 Å². The number of rotatable bonds is 4. The highest BCUT2D eigenvalue weighted by Crippen LogP contribution is 2.11. The van der Waals surface area contributed by atoms with Crippen LogP contribution in [0.15, 0.2) is 33.8 Å². The van der Waals surface area contributed by atoms with Crippen LogP contribution in [0.5, 0.6) is 0 Å². The summed E-state index contributed by atoms with van der Waals surface area (Å²) >= 11 is 3.40. The van der Waals surface area contributed by atoms with Gasteiger partial charge in [-0.1, -0.05) is 34.5 Å². The number of benzene rings is 1. The van der Waals surface area contributed by atoms with E-state index in [4.69, 9.17) is 0 Å². The number of carbonyl (C=O) groups excluding carboxylic acids is 1. The topological polar surface area (TPSA) is 44.7 Å². The van der Waals surface area contributed by atoms with Gasteiger partial charge in [-0.05, 0) is 50.6 Å². The number of hydrogen-bond acceptors (Lipinski definition) is 3. The molecule has 0 radical (unpaired) electrons. The summed E-state index contributed by atoms with van der Waals surface area (Å²) in [4.78, 5) is 14.0. The van der Waals surface area contributed by atoms with Crippen LogP contribution in [0.1, 0.15) is 31.7 Å². The van der Waals surface area contributed by atoms with Crippen molar-refractivity contribution < 1.29 is 4.79 Å². The van der Waals surface area contributed by atoms with Crippen molar-refractivity contribution in [3.05, 3.63) is 34.3 Å². The van der Waals surface area contributed by atoms with E-state index in [0.29, 0.717) is 6.54 Å². The summed E-state index contributed by atoms with van der Waals surface area (Å²) < 4.78 is 1.03. The molecule has 20 heavy (non-hydrogen) atoms. The molecule has 108 valence electrons. The Balaban J connectivity index is 1.84. The summed E-state index contributed by atoms with van der Waals surface area (Å²) in [6.45, 7) is 4.37. The minimum Gasteiger partial charge on any atom is -0.294 e. The number of nitrogens with zero attached hydrogens (tertiary/aromatic N) is 2. The standard InChI is InChI=1S/C15H20BrN3O/c1-12(13-5-7-14(16)8-6-13)17-18-15(20)11-19-9-3-2-4-10-19/h5-8H,2-4,9-11H2,1H3,(H,18,20). The molecule has 1 saturated heterocycles. The molecule has 1 aliphatic heterocycles. The van der Waals surface area contributed by atoms with E-state index < -0.39 is 0 Å². The van der Waals surface area contributed by atoms with E-state index in [1.54, 1.807) is 0 Å². The number of piperidine rings is 1. The fourth-order valence-corrected chi connectivity index (χ4v) is 2.52. The lowest BCUT2D eigenvalue weighted by atomic mass is 10.1. The number of hydrogen-bond donors (Lipinski definition) is 1. The van der Waals surface area contributed by atoms with Crippen molar-refractivity contribution in [1.29, 1.82) is 0 Å². The van der Waals surface area contributed by atoms with Gasteiger partial charge >= 0.3 is 0 Å². The first kappa shape index (κ1) is 15.2. The zero-order valence-electron chi connectivity index (χ0n) is 11.7. The lowest BCUT2D eigenvalue weighted by Gasteiger charge is -2.25. The smallest absolute Gasteiger partial charge is 0.254 e. The number of carbonyl (C=O) groups is 1. The van der Waals surface area contributed by atoms with Gasteiger partial charge in [0, 0.05) is 4.47 Å². The molecular formula is C15H20BrN3O. The monoisotopic (exact) mass is 337 g/mol. The van der Waals surface area contributed by atoms with Crippen LogP contribution in [0.2, 0.25) is 0 Å². The van der Waals surface area contributed by atoms with E-state index in [1.807, 2.05) is 31.2 Å². The fraction of sp³-hybridized carbons (Fsp3) is 0.467. The Kier molecular flexibility index (Phi) is 5.73. The molecule has 0 bridgehead atoms. The van der Waals surface area contributed by atoms with Crippen LogP contribution in [-0.2, 0) is 4.79 Å². The highest BCUT2D eigenvalue weighted by Gasteiger charge is 2.13. The van der Waals surface area contributed by atoms with Gasteiger partial charge in [-0.15, -0.1) is 0 Å². The minimum atomic E-state index is -0.0386. The average molecular weight is 338 g/mol. The Morgan fingerprint density at radius 2 is 1.90 bits per heavy atom. The van der Waals surface area contributed by atoms with Crippen molar-refractivity contribution in [2.45, 2.75) is 26.2 Å². The number of nitrogens with one attached hydrogen (secondary N) is 1. The van der Waals surface area contributed by atoms with Gasteiger partial charge in [-0.3, -0.25) is 9.69 Å². The first-order valence-corrected chi connectivity index (χ1v) is 7.76. The van der Waals surface area contributed by atoms with Crippen LogP contribution in [0.4, 0.5) is 0 Å². The van der Waals surface area contributed by atoms with E-state index in [2.05, 4.69) is 31.4 Å². The summed E-state index contributed by atoms with van der Waals surface area (Å²) in [6.07, 6.45) is 3.65.